The van der Waals surface area contributed by atoms with Crippen molar-refractivity contribution in [2.75, 3.05) is 7.11 Å². The van der Waals surface area contributed by atoms with Crippen LogP contribution in [0.4, 0.5) is 0 Å². The van der Waals surface area contributed by atoms with E-state index in [4.69, 9.17) is 21.1 Å². The summed E-state index contributed by atoms with van der Waals surface area (Å²) in [7, 11) is 1.52. The molecule has 5 heteroatoms. The summed E-state index contributed by atoms with van der Waals surface area (Å²) in [5, 5.41) is 3.24. The fraction of sp³-hybridized carbons (Fsp3) is 0.533. The van der Waals surface area contributed by atoms with Gasteiger partial charge < -0.3 is 14.8 Å². The number of hydrogen-bond acceptors (Lipinski definition) is 3. The van der Waals surface area contributed by atoms with Crippen LogP contribution >= 0.6 is 11.6 Å². The van der Waals surface area contributed by atoms with Crippen molar-refractivity contribution in [1.29, 1.82) is 0 Å². The van der Waals surface area contributed by atoms with Gasteiger partial charge in [0.15, 0.2) is 11.5 Å². The third-order valence-corrected chi connectivity index (χ3v) is 2.61. The standard InChI is InChI=1S/C15H22ClNO3/c1-9(2)20-13-11(16)7-10(8-12(13)19-6)14(18)17-15(3,4)5/h7-9H,1-6H3,(H,17,18). The van der Waals surface area contributed by atoms with E-state index >= 15 is 0 Å². The van der Waals surface area contributed by atoms with Crippen molar-refractivity contribution in [3.63, 3.8) is 0 Å². The second kappa shape index (κ2) is 6.35. The molecule has 0 spiro atoms. The summed E-state index contributed by atoms with van der Waals surface area (Å²) in [6.45, 7) is 9.55. The monoisotopic (exact) mass is 299 g/mol. The zero-order chi connectivity index (χ0) is 15.5. The summed E-state index contributed by atoms with van der Waals surface area (Å²) < 4.78 is 10.9. The second-order valence-electron chi connectivity index (χ2n) is 5.86. The normalized spacial score (nSPS) is 11.4. The number of benzene rings is 1. The molecule has 0 atom stereocenters. The van der Waals surface area contributed by atoms with Crippen molar-refractivity contribution in [1.82, 2.24) is 5.32 Å². The van der Waals surface area contributed by atoms with E-state index in [0.29, 0.717) is 22.1 Å². The van der Waals surface area contributed by atoms with Crippen LogP contribution in [0.2, 0.25) is 5.02 Å². The molecule has 0 bridgehead atoms. The Balaban J connectivity index is 3.13. The maximum Gasteiger partial charge on any atom is 0.251 e. The molecule has 1 rings (SSSR count). The lowest BCUT2D eigenvalue weighted by Crippen LogP contribution is -2.40. The Morgan fingerprint density at radius 1 is 1.30 bits per heavy atom. The third-order valence-electron chi connectivity index (χ3n) is 2.33. The highest BCUT2D eigenvalue weighted by atomic mass is 35.5. The number of halogens is 1. The van der Waals surface area contributed by atoms with Gasteiger partial charge in [0.05, 0.1) is 18.2 Å². The first-order valence-electron chi connectivity index (χ1n) is 6.50. The SMILES string of the molecule is COc1cc(C(=O)NC(C)(C)C)cc(Cl)c1OC(C)C. The molecule has 1 aromatic carbocycles. The molecule has 0 aliphatic heterocycles. The van der Waals surface area contributed by atoms with Gasteiger partial charge in [0.25, 0.3) is 5.91 Å². The zero-order valence-corrected chi connectivity index (χ0v) is 13.6. The van der Waals surface area contributed by atoms with Gasteiger partial charge in [-0.2, -0.15) is 0 Å². The first kappa shape index (κ1) is 16.6. The number of hydrogen-bond donors (Lipinski definition) is 1. The quantitative estimate of drug-likeness (QED) is 0.923. The van der Waals surface area contributed by atoms with Crippen LogP contribution < -0.4 is 14.8 Å². The number of amides is 1. The first-order valence-corrected chi connectivity index (χ1v) is 6.88. The molecular formula is C15H22ClNO3. The van der Waals surface area contributed by atoms with Gasteiger partial charge in [-0.15, -0.1) is 0 Å². The third kappa shape index (κ3) is 4.60. The van der Waals surface area contributed by atoms with E-state index in [0.717, 1.165) is 0 Å². The fourth-order valence-electron chi connectivity index (χ4n) is 1.61. The molecule has 1 aromatic rings. The molecule has 0 saturated heterocycles. The maximum absolute atomic E-state index is 12.1. The van der Waals surface area contributed by atoms with E-state index in [1.807, 2.05) is 34.6 Å². The minimum Gasteiger partial charge on any atom is -0.493 e. The van der Waals surface area contributed by atoms with Gasteiger partial charge in [0.1, 0.15) is 0 Å². The average molecular weight is 300 g/mol. The Bertz CT molecular complexity index is 493. The Morgan fingerprint density at radius 3 is 2.35 bits per heavy atom. The lowest BCUT2D eigenvalue weighted by molar-refractivity contribution is 0.0919. The van der Waals surface area contributed by atoms with E-state index in [-0.39, 0.29) is 17.6 Å². The van der Waals surface area contributed by atoms with Crippen molar-refractivity contribution >= 4 is 17.5 Å². The van der Waals surface area contributed by atoms with Gasteiger partial charge in [-0.25, -0.2) is 0 Å². The molecule has 112 valence electrons. The predicted molar refractivity (Wildman–Crippen MR) is 81.0 cm³/mol. The molecule has 1 N–H and O–H groups in total. The van der Waals surface area contributed by atoms with Gasteiger partial charge in [-0.3, -0.25) is 4.79 Å². The lowest BCUT2D eigenvalue weighted by atomic mass is 10.1. The molecule has 4 nitrogen and oxygen atoms in total. The first-order chi connectivity index (χ1) is 9.14. The highest BCUT2D eigenvalue weighted by Crippen LogP contribution is 2.37. The maximum atomic E-state index is 12.1. The van der Waals surface area contributed by atoms with E-state index < -0.39 is 0 Å². The van der Waals surface area contributed by atoms with Crippen molar-refractivity contribution in [3.8, 4) is 11.5 Å². The van der Waals surface area contributed by atoms with Crippen LogP contribution in [0.5, 0.6) is 11.5 Å². The molecule has 0 saturated carbocycles. The summed E-state index contributed by atoms with van der Waals surface area (Å²) >= 11 is 6.19. The summed E-state index contributed by atoms with van der Waals surface area (Å²) in [6, 6.07) is 3.22. The molecule has 0 heterocycles. The molecule has 0 radical (unpaired) electrons. The Morgan fingerprint density at radius 2 is 1.90 bits per heavy atom. The topological polar surface area (TPSA) is 47.6 Å². The van der Waals surface area contributed by atoms with E-state index in [1.165, 1.54) is 7.11 Å². The molecule has 1 amide bonds. The Labute approximate surface area is 125 Å². The minimum absolute atomic E-state index is 0.0318. The van der Waals surface area contributed by atoms with Crippen molar-refractivity contribution in [3.05, 3.63) is 22.7 Å². The highest BCUT2D eigenvalue weighted by Gasteiger charge is 2.20. The molecule has 0 fully saturated rings. The highest BCUT2D eigenvalue weighted by molar-refractivity contribution is 6.32. The van der Waals surface area contributed by atoms with Crippen LogP contribution in [0.1, 0.15) is 45.0 Å². The van der Waals surface area contributed by atoms with Crippen molar-refractivity contribution in [2.45, 2.75) is 46.3 Å². The number of methoxy groups -OCH3 is 1. The van der Waals surface area contributed by atoms with E-state index in [2.05, 4.69) is 5.32 Å². The van der Waals surface area contributed by atoms with E-state index in [1.54, 1.807) is 12.1 Å². The lowest BCUT2D eigenvalue weighted by Gasteiger charge is -2.21. The van der Waals surface area contributed by atoms with Crippen LogP contribution in [0, 0.1) is 0 Å². The average Bonchev–Trinajstić information content (AvgIpc) is 2.28. The Hall–Kier alpha value is -1.42. The molecule has 0 aliphatic carbocycles. The molecule has 0 unspecified atom stereocenters. The van der Waals surface area contributed by atoms with Crippen molar-refractivity contribution < 1.29 is 14.3 Å². The van der Waals surface area contributed by atoms with Crippen LogP contribution in [0.3, 0.4) is 0 Å². The van der Waals surface area contributed by atoms with Gasteiger partial charge in [0.2, 0.25) is 0 Å². The molecular weight excluding hydrogens is 278 g/mol. The van der Waals surface area contributed by atoms with Crippen LogP contribution in [0.25, 0.3) is 0 Å². The smallest absolute Gasteiger partial charge is 0.251 e. The number of carbonyl (C=O) groups is 1. The number of nitrogens with one attached hydrogen (secondary N) is 1. The van der Waals surface area contributed by atoms with Gasteiger partial charge in [-0.05, 0) is 46.8 Å². The minimum atomic E-state index is -0.316. The summed E-state index contributed by atoms with van der Waals surface area (Å²) in [4.78, 5) is 12.1. The Kier molecular flexibility index (Phi) is 5.28. The molecule has 0 aliphatic rings. The van der Waals surface area contributed by atoms with Crippen LogP contribution in [-0.2, 0) is 0 Å². The van der Waals surface area contributed by atoms with Gasteiger partial charge >= 0.3 is 0 Å². The number of carbonyl (C=O) groups excluding carboxylic acids is 1. The van der Waals surface area contributed by atoms with Crippen LogP contribution in [-0.4, -0.2) is 24.7 Å². The van der Waals surface area contributed by atoms with Crippen LogP contribution in [0.15, 0.2) is 12.1 Å². The largest absolute Gasteiger partial charge is 0.493 e. The molecule has 0 aromatic heterocycles. The molecule has 20 heavy (non-hydrogen) atoms. The zero-order valence-electron chi connectivity index (χ0n) is 12.8. The fourth-order valence-corrected chi connectivity index (χ4v) is 1.87. The summed E-state index contributed by atoms with van der Waals surface area (Å²) in [6.07, 6.45) is -0.0318. The predicted octanol–water partition coefficient (Wildman–Crippen LogP) is 3.66. The number of rotatable bonds is 4. The summed E-state index contributed by atoms with van der Waals surface area (Å²) in [5.41, 5.74) is 0.127. The summed E-state index contributed by atoms with van der Waals surface area (Å²) in [5.74, 6) is 0.704. The second-order valence-corrected chi connectivity index (χ2v) is 6.27. The van der Waals surface area contributed by atoms with Gasteiger partial charge in [0, 0.05) is 11.1 Å². The van der Waals surface area contributed by atoms with Gasteiger partial charge in [-0.1, -0.05) is 11.6 Å². The van der Waals surface area contributed by atoms with Crippen molar-refractivity contribution in [2.24, 2.45) is 0 Å². The van der Waals surface area contributed by atoms with E-state index in [9.17, 15) is 4.79 Å². The number of ether oxygens (including phenoxy) is 2.